The van der Waals surface area contributed by atoms with Gasteiger partial charge in [-0.05, 0) is 26.8 Å². The van der Waals surface area contributed by atoms with Gasteiger partial charge in [-0.3, -0.25) is 14.6 Å². The number of H-pyrrole nitrogens is 1. The molecule has 0 spiro atoms. The van der Waals surface area contributed by atoms with Gasteiger partial charge >= 0.3 is 0 Å². The van der Waals surface area contributed by atoms with Crippen molar-refractivity contribution in [3.63, 3.8) is 0 Å². The predicted molar refractivity (Wildman–Crippen MR) is 84.0 cm³/mol. The fourth-order valence-corrected chi connectivity index (χ4v) is 3.64. The van der Waals surface area contributed by atoms with Gasteiger partial charge < -0.3 is 0 Å². The third-order valence-corrected chi connectivity index (χ3v) is 4.67. The van der Waals surface area contributed by atoms with Crippen LogP contribution in [0, 0.1) is 11.6 Å². The maximum absolute atomic E-state index is 14.1. The third-order valence-electron chi connectivity index (χ3n) is 3.51. The summed E-state index contributed by atoms with van der Waals surface area (Å²) >= 11 is 1.30. The topological polar surface area (TPSA) is 50.1 Å². The van der Waals surface area contributed by atoms with Crippen molar-refractivity contribution in [2.45, 2.75) is 32.1 Å². The highest BCUT2D eigenvalue weighted by molar-refractivity contribution is 8.14. The van der Waals surface area contributed by atoms with Crippen LogP contribution in [-0.4, -0.2) is 14.8 Å². The summed E-state index contributed by atoms with van der Waals surface area (Å²) in [6.07, 6.45) is 0. The molecule has 2 aromatic rings. The predicted octanol–water partition coefficient (Wildman–Crippen LogP) is 3.92. The zero-order valence-electron chi connectivity index (χ0n) is 12.4. The fourth-order valence-electron chi connectivity index (χ4n) is 2.52. The van der Waals surface area contributed by atoms with E-state index in [4.69, 9.17) is 0 Å². The molecule has 4 nitrogen and oxygen atoms in total. The number of nitrogens with one attached hydrogen (secondary N) is 1. The van der Waals surface area contributed by atoms with E-state index in [-0.39, 0.29) is 17.2 Å². The van der Waals surface area contributed by atoms with Gasteiger partial charge in [0.15, 0.2) is 5.82 Å². The summed E-state index contributed by atoms with van der Waals surface area (Å²) in [6.45, 7) is 5.66. The van der Waals surface area contributed by atoms with Crippen LogP contribution in [0.25, 0.3) is 0 Å². The van der Waals surface area contributed by atoms with E-state index in [0.717, 1.165) is 11.1 Å². The number of benzene rings is 1. The number of aliphatic imine (C=N–C) groups is 1. The molecule has 0 fully saturated rings. The van der Waals surface area contributed by atoms with Crippen LogP contribution < -0.4 is 5.56 Å². The molecule has 0 amide bonds. The number of rotatable bonds is 2. The number of halogens is 2. The lowest BCUT2D eigenvalue weighted by Crippen LogP contribution is -2.14. The molecular weight excluding hydrogens is 308 g/mol. The smallest absolute Gasteiger partial charge is 0.268 e. The van der Waals surface area contributed by atoms with Crippen LogP contribution >= 0.6 is 11.8 Å². The Morgan fingerprint density at radius 3 is 2.73 bits per heavy atom. The molecule has 22 heavy (non-hydrogen) atoms. The summed E-state index contributed by atoms with van der Waals surface area (Å²) in [7, 11) is 0. The first-order valence-corrected chi connectivity index (χ1v) is 7.77. The molecular formula is C15H15F2N3OS. The lowest BCUT2D eigenvalue weighted by atomic mass is 10.1. The molecule has 0 bridgehead atoms. The first-order chi connectivity index (χ1) is 10.4. The van der Waals surface area contributed by atoms with E-state index in [1.54, 1.807) is 4.68 Å². The molecule has 0 saturated carbocycles. The summed E-state index contributed by atoms with van der Waals surface area (Å²) in [4.78, 5) is 16.7. The van der Waals surface area contributed by atoms with Crippen LogP contribution in [-0.2, 0) is 0 Å². The van der Waals surface area contributed by atoms with Crippen molar-refractivity contribution in [2.75, 3.05) is 0 Å². The number of nitrogens with zero attached hydrogens (tertiary/aromatic N) is 2. The van der Waals surface area contributed by atoms with Crippen LogP contribution in [0.5, 0.6) is 0 Å². The Morgan fingerprint density at radius 1 is 1.36 bits per heavy atom. The summed E-state index contributed by atoms with van der Waals surface area (Å²) in [6, 6.07) is 3.45. The van der Waals surface area contributed by atoms with Gasteiger partial charge in [0.1, 0.15) is 11.6 Å². The molecule has 1 aliphatic rings. The molecule has 1 N–H and O–H groups in total. The van der Waals surface area contributed by atoms with Crippen molar-refractivity contribution in [2.24, 2.45) is 4.99 Å². The van der Waals surface area contributed by atoms with Crippen molar-refractivity contribution in [1.29, 1.82) is 0 Å². The Kier molecular flexibility index (Phi) is 3.68. The van der Waals surface area contributed by atoms with E-state index < -0.39 is 16.9 Å². The highest BCUT2D eigenvalue weighted by Gasteiger charge is 2.32. The molecule has 0 aliphatic carbocycles. The van der Waals surface area contributed by atoms with E-state index >= 15 is 0 Å². The average Bonchev–Trinajstić information content (AvgIpc) is 2.75. The monoisotopic (exact) mass is 323 g/mol. The van der Waals surface area contributed by atoms with Crippen molar-refractivity contribution in [3.8, 4) is 0 Å². The van der Waals surface area contributed by atoms with Gasteiger partial charge in [-0.2, -0.15) is 0 Å². The minimum Gasteiger partial charge on any atom is -0.268 e. The maximum Gasteiger partial charge on any atom is 0.271 e. The van der Waals surface area contributed by atoms with Gasteiger partial charge in [-0.25, -0.2) is 13.8 Å². The van der Waals surface area contributed by atoms with Gasteiger partial charge in [-0.1, -0.05) is 17.8 Å². The minimum atomic E-state index is -0.658. The second-order valence-corrected chi connectivity index (χ2v) is 6.73. The molecule has 1 aromatic heterocycles. The maximum atomic E-state index is 14.1. The van der Waals surface area contributed by atoms with Gasteiger partial charge in [0.05, 0.1) is 15.9 Å². The molecule has 116 valence electrons. The molecule has 0 unspecified atom stereocenters. The largest absolute Gasteiger partial charge is 0.271 e. The van der Waals surface area contributed by atoms with E-state index in [2.05, 4.69) is 10.1 Å². The lowest BCUT2D eigenvalue weighted by molar-refractivity contribution is 0.533. The van der Waals surface area contributed by atoms with Gasteiger partial charge in [0, 0.05) is 17.7 Å². The summed E-state index contributed by atoms with van der Waals surface area (Å²) in [5.41, 5.74) is 0.407. The molecule has 1 aromatic carbocycles. The highest BCUT2D eigenvalue weighted by Crippen LogP contribution is 2.44. The van der Waals surface area contributed by atoms with Crippen LogP contribution in [0.3, 0.4) is 0 Å². The molecule has 1 aliphatic heterocycles. The second-order valence-electron chi connectivity index (χ2n) is 5.44. The van der Waals surface area contributed by atoms with Crippen molar-refractivity contribution >= 4 is 22.6 Å². The summed E-state index contributed by atoms with van der Waals surface area (Å²) in [5, 5.41) is 2.95. The number of aromatic nitrogens is 2. The first-order valence-electron chi connectivity index (χ1n) is 6.89. The third kappa shape index (κ3) is 2.39. The van der Waals surface area contributed by atoms with Crippen LogP contribution in [0.15, 0.2) is 28.0 Å². The normalized spacial score (nSPS) is 17.5. The van der Waals surface area contributed by atoms with Crippen LogP contribution in [0.1, 0.15) is 43.2 Å². The Morgan fingerprint density at radius 2 is 2.09 bits per heavy atom. The molecule has 3 rings (SSSR count). The van der Waals surface area contributed by atoms with Crippen LogP contribution in [0.4, 0.5) is 14.6 Å². The van der Waals surface area contributed by atoms with E-state index in [1.807, 2.05) is 20.8 Å². The second kappa shape index (κ2) is 5.39. The molecule has 7 heteroatoms. The van der Waals surface area contributed by atoms with Gasteiger partial charge in [0.2, 0.25) is 0 Å². The number of aromatic amines is 1. The molecule has 0 radical (unpaired) electrons. The number of fused-ring (bicyclic) bond motifs is 1. The van der Waals surface area contributed by atoms with Crippen molar-refractivity contribution in [1.82, 2.24) is 9.78 Å². The van der Waals surface area contributed by atoms with E-state index in [1.165, 1.54) is 23.9 Å². The molecule has 0 saturated heterocycles. The Bertz CT molecular complexity index is 823. The number of thioether (sulfide) groups is 1. The quantitative estimate of drug-likeness (QED) is 0.910. The highest BCUT2D eigenvalue weighted by atomic mass is 32.2. The Hall–Kier alpha value is -1.89. The minimum absolute atomic E-state index is 0.0230. The van der Waals surface area contributed by atoms with E-state index in [0.29, 0.717) is 11.4 Å². The summed E-state index contributed by atoms with van der Waals surface area (Å²) in [5.74, 6) is -0.777. The first kappa shape index (κ1) is 15.0. The van der Waals surface area contributed by atoms with Crippen molar-refractivity contribution in [3.05, 3.63) is 51.3 Å². The average molecular weight is 323 g/mol. The standard InChI is InChI=1S/C15H15F2N3OS/c1-7(2)20-14-12(15(21)19-20)13(22-8(3)18-14)10-5-4-9(16)6-11(10)17/h4-7,13H,1-3H3,(H,19,21)/t13-/m0/s1. The van der Waals surface area contributed by atoms with Crippen LogP contribution in [0.2, 0.25) is 0 Å². The number of hydrogen-bond acceptors (Lipinski definition) is 3. The van der Waals surface area contributed by atoms with Crippen molar-refractivity contribution < 1.29 is 8.78 Å². The fraction of sp³-hybridized carbons (Fsp3) is 0.333. The zero-order valence-corrected chi connectivity index (χ0v) is 13.2. The molecule has 2 heterocycles. The zero-order chi connectivity index (χ0) is 16.0. The summed E-state index contributed by atoms with van der Waals surface area (Å²) < 4.78 is 29.0. The SMILES string of the molecule is CC1=Nc2c(c(=O)[nH]n2C(C)C)[C@H](c2ccc(F)cc2F)S1. The number of hydrogen-bond donors (Lipinski definition) is 1. The van der Waals surface area contributed by atoms with Gasteiger partial charge in [0.25, 0.3) is 5.56 Å². The lowest BCUT2D eigenvalue weighted by Gasteiger charge is -2.21. The molecule has 1 atom stereocenters. The Balaban J connectivity index is 2.22. The van der Waals surface area contributed by atoms with E-state index in [9.17, 15) is 13.6 Å². The Labute approximate surface area is 130 Å². The van der Waals surface area contributed by atoms with Gasteiger partial charge in [-0.15, -0.1) is 0 Å².